The van der Waals surface area contributed by atoms with Crippen LogP contribution in [0.2, 0.25) is 0 Å². The minimum Gasteiger partial charge on any atom is -0.467 e. The standard InChI is InChI=1S/C18H20FN5O2/c19-16-6-2-1-5-15(16)18(25)7-9-23(10-8-18)13-17-20-21-22-24(17)12-14-4-3-11-26-14/h1-6,11,25H,7-10,12-13H2. The molecule has 4 rings (SSSR count). The lowest BCUT2D eigenvalue weighted by Crippen LogP contribution is -2.43. The van der Waals surface area contributed by atoms with Crippen molar-refractivity contribution in [1.82, 2.24) is 25.1 Å². The first-order valence-corrected chi connectivity index (χ1v) is 8.61. The molecule has 1 fully saturated rings. The Kier molecular flexibility index (Phi) is 4.52. The zero-order chi connectivity index (χ0) is 18.0. The van der Waals surface area contributed by atoms with E-state index in [-0.39, 0.29) is 5.82 Å². The zero-order valence-electron chi connectivity index (χ0n) is 14.3. The van der Waals surface area contributed by atoms with Gasteiger partial charge in [0.25, 0.3) is 0 Å². The van der Waals surface area contributed by atoms with Gasteiger partial charge in [-0.3, -0.25) is 4.90 Å². The predicted octanol–water partition coefficient (Wildman–Crippen LogP) is 1.94. The second-order valence-electron chi connectivity index (χ2n) is 6.62. The van der Waals surface area contributed by atoms with Crippen LogP contribution in [0.25, 0.3) is 0 Å². The number of tetrazole rings is 1. The van der Waals surface area contributed by atoms with Crippen molar-refractivity contribution in [3.63, 3.8) is 0 Å². The molecule has 0 atom stereocenters. The molecule has 0 radical (unpaired) electrons. The fourth-order valence-corrected chi connectivity index (χ4v) is 3.40. The van der Waals surface area contributed by atoms with Crippen LogP contribution in [0.5, 0.6) is 0 Å². The Morgan fingerprint density at radius 1 is 1.12 bits per heavy atom. The normalized spacial score (nSPS) is 17.5. The Labute approximate surface area is 150 Å². The summed E-state index contributed by atoms with van der Waals surface area (Å²) in [6, 6.07) is 10.1. The third-order valence-electron chi connectivity index (χ3n) is 4.92. The van der Waals surface area contributed by atoms with Crippen LogP contribution in [0.15, 0.2) is 47.1 Å². The molecule has 1 N–H and O–H groups in total. The molecule has 0 aliphatic carbocycles. The number of hydrogen-bond acceptors (Lipinski definition) is 6. The summed E-state index contributed by atoms with van der Waals surface area (Å²) in [5.74, 6) is 1.16. The number of furan rings is 1. The average Bonchev–Trinajstić information content (AvgIpc) is 3.30. The number of halogens is 1. The van der Waals surface area contributed by atoms with Crippen molar-refractivity contribution in [3.05, 3.63) is 65.6 Å². The smallest absolute Gasteiger partial charge is 0.165 e. The van der Waals surface area contributed by atoms with Crippen molar-refractivity contribution in [2.75, 3.05) is 13.1 Å². The highest BCUT2D eigenvalue weighted by molar-refractivity contribution is 5.25. The fraction of sp³-hybridized carbons (Fsp3) is 0.389. The molecule has 7 nitrogen and oxygen atoms in total. The van der Waals surface area contributed by atoms with Gasteiger partial charge in [-0.1, -0.05) is 18.2 Å². The molecule has 0 saturated carbocycles. The SMILES string of the molecule is OC1(c2ccccc2F)CCN(Cc2nnnn2Cc2ccco2)CC1. The molecule has 136 valence electrons. The Balaban J connectivity index is 1.40. The summed E-state index contributed by atoms with van der Waals surface area (Å²) < 4.78 is 21.1. The van der Waals surface area contributed by atoms with Gasteiger partial charge >= 0.3 is 0 Å². The maximum Gasteiger partial charge on any atom is 0.165 e. The van der Waals surface area contributed by atoms with Crippen molar-refractivity contribution in [1.29, 1.82) is 0 Å². The van der Waals surface area contributed by atoms with Gasteiger partial charge in [0.1, 0.15) is 18.1 Å². The van der Waals surface area contributed by atoms with Crippen molar-refractivity contribution < 1.29 is 13.9 Å². The van der Waals surface area contributed by atoms with Crippen LogP contribution in [-0.2, 0) is 18.7 Å². The molecule has 3 aromatic rings. The molecule has 8 heteroatoms. The number of nitrogens with zero attached hydrogens (tertiary/aromatic N) is 5. The van der Waals surface area contributed by atoms with E-state index in [4.69, 9.17) is 4.42 Å². The Bertz CT molecular complexity index is 856. The van der Waals surface area contributed by atoms with E-state index in [0.717, 1.165) is 11.6 Å². The highest BCUT2D eigenvalue weighted by Crippen LogP contribution is 2.34. The summed E-state index contributed by atoms with van der Waals surface area (Å²) in [5, 5.41) is 22.7. The van der Waals surface area contributed by atoms with Gasteiger partial charge in [0.2, 0.25) is 0 Å². The lowest BCUT2D eigenvalue weighted by Gasteiger charge is -2.38. The van der Waals surface area contributed by atoms with Crippen LogP contribution in [-0.4, -0.2) is 43.3 Å². The van der Waals surface area contributed by atoms with E-state index in [2.05, 4.69) is 20.4 Å². The lowest BCUT2D eigenvalue weighted by atomic mass is 9.84. The topological polar surface area (TPSA) is 80.2 Å². The van der Waals surface area contributed by atoms with E-state index in [9.17, 15) is 9.50 Å². The third kappa shape index (κ3) is 3.38. The maximum absolute atomic E-state index is 14.0. The summed E-state index contributed by atoms with van der Waals surface area (Å²) in [6.45, 7) is 2.32. The largest absolute Gasteiger partial charge is 0.467 e. The maximum atomic E-state index is 14.0. The minimum absolute atomic E-state index is 0.356. The number of hydrogen-bond donors (Lipinski definition) is 1. The van der Waals surface area contributed by atoms with Crippen LogP contribution < -0.4 is 0 Å². The summed E-state index contributed by atoms with van der Waals surface area (Å²) in [7, 11) is 0. The van der Waals surface area contributed by atoms with Crippen molar-refractivity contribution in [2.24, 2.45) is 0 Å². The molecular formula is C18H20FN5O2. The van der Waals surface area contributed by atoms with Gasteiger partial charge in [0.15, 0.2) is 5.82 Å². The first kappa shape index (κ1) is 16.9. The number of rotatable bonds is 5. The van der Waals surface area contributed by atoms with Crippen molar-refractivity contribution in [2.45, 2.75) is 31.5 Å². The molecule has 1 aliphatic heterocycles. The van der Waals surface area contributed by atoms with Gasteiger partial charge in [-0.2, -0.15) is 0 Å². The lowest BCUT2D eigenvalue weighted by molar-refractivity contribution is -0.0309. The van der Waals surface area contributed by atoms with E-state index < -0.39 is 5.60 Å². The number of benzene rings is 1. The van der Waals surface area contributed by atoms with Gasteiger partial charge in [0, 0.05) is 18.7 Å². The number of likely N-dealkylation sites (tertiary alicyclic amines) is 1. The Hall–Kier alpha value is -2.58. The quantitative estimate of drug-likeness (QED) is 0.752. The molecule has 3 heterocycles. The van der Waals surface area contributed by atoms with Gasteiger partial charge in [-0.05, 0) is 41.5 Å². The van der Waals surface area contributed by atoms with Crippen molar-refractivity contribution in [3.8, 4) is 0 Å². The molecule has 0 spiro atoms. The molecule has 26 heavy (non-hydrogen) atoms. The third-order valence-corrected chi connectivity index (χ3v) is 4.92. The number of aliphatic hydroxyl groups is 1. The Morgan fingerprint density at radius 3 is 2.65 bits per heavy atom. The predicted molar refractivity (Wildman–Crippen MR) is 90.4 cm³/mol. The zero-order valence-corrected chi connectivity index (χ0v) is 14.3. The second-order valence-corrected chi connectivity index (χ2v) is 6.62. The minimum atomic E-state index is -1.12. The van der Waals surface area contributed by atoms with Gasteiger partial charge < -0.3 is 9.52 Å². The van der Waals surface area contributed by atoms with E-state index in [0.29, 0.717) is 44.6 Å². The van der Waals surface area contributed by atoms with E-state index in [1.165, 1.54) is 6.07 Å². The average molecular weight is 357 g/mol. The summed E-state index contributed by atoms with van der Waals surface area (Å²) >= 11 is 0. The second kappa shape index (κ2) is 6.97. The van der Waals surface area contributed by atoms with Crippen LogP contribution >= 0.6 is 0 Å². The number of aromatic nitrogens is 4. The number of piperidine rings is 1. The van der Waals surface area contributed by atoms with Crippen molar-refractivity contribution >= 4 is 0 Å². The molecule has 0 unspecified atom stereocenters. The summed E-state index contributed by atoms with van der Waals surface area (Å²) in [6.07, 6.45) is 2.55. The van der Waals surface area contributed by atoms with Crippen LogP contribution in [0.3, 0.4) is 0 Å². The highest BCUT2D eigenvalue weighted by Gasteiger charge is 2.36. The van der Waals surface area contributed by atoms with E-state index in [1.54, 1.807) is 29.1 Å². The molecule has 1 aliphatic rings. The van der Waals surface area contributed by atoms with Crippen LogP contribution in [0.4, 0.5) is 4.39 Å². The highest BCUT2D eigenvalue weighted by atomic mass is 19.1. The van der Waals surface area contributed by atoms with Gasteiger partial charge in [0.05, 0.1) is 18.4 Å². The first-order valence-electron chi connectivity index (χ1n) is 8.61. The molecule has 0 bridgehead atoms. The first-order chi connectivity index (χ1) is 12.6. The summed E-state index contributed by atoms with van der Waals surface area (Å²) in [4.78, 5) is 2.17. The van der Waals surface area contributed by atoms with Crippen LogP contribution in [0.1, 0.15) is 30.0 Å². The monoisotopic (exact) mass is 357 g/mol. The molecule has 2 aromatic heterocycles. The van der Waals surface area contributed by atoms with E-state index >= 15 is 0 Å². The fourth-order valence-electron chi connectivity index (χ4n) is 3.40. The van der Waals surface area contributed by atoms with E-state index in [1.807, 2.05) is 12.1 Å². The van der Waals surface area contributed by atoms with Gasteiger partial charge in [-0.15, -0.1) is 5.10 Å². The van der Waals surface area contributed by atoms with Gasteiger partial charge in [-0.25, -0.2) is 9.07 Å². The molecule has 0 amide bonds. The Morgan fingerprint density at radius 2 is 1.92 bits per heavy atom. The van der Waals surface area contributed by atoms with Crippen LogP contribution in [0, 0.1) is 5.82 Å². The molecule has 1 aromatic carbocycles. The molecular weight excluding hydrogens is 337 g/mol. The summed E-state index contributed by atoms with van der Waals surface area (Å²) in [5.41, 5.74) is -0.746. The molecule has 1 saturated heterocycles.